The highest BCUT2D eigenvalue weighted by molar-refractivity contribution is 7.13. The Bertz CT molecular complexity index is 888. The quantitative estimate of drug-likeness (QED) is 0.609. The van der Waals surface area contributed by atoms with Gasteiger partial charge in [-0.25, -0.2) is 9.78 Å². The maximum absolute atomic E-state index is 12.3. The average molecular weight is 368 g/mol. The Labute approximate surface area is 156 Å². The third-order valence-corrected chi connectivity index (χ3v) is 4.78. The molecule has 1 aromatic heterocycles. The van der Waals surface area contributed by atoms with Crippen LogP contribution in [0.15, 0.2) is 53.9 Å². The van der Waals surface area contributed by atoms with E-state index in [1.807, 2.05) is 66.8 Å². The molecular weight excluding hydrogens is 348 g/mol. The summed E-state index contributed by atoms with van der Waals surface area (Å²) in [4.78, 5) is 18.7. The van der Waals surface area contributed by atoms with Gasteiger partial charge in [-0.15, -0.1) is 11.3 Å². The molecule has 1 heterocycles. The summed E-state index contributed by atoms with van der Waals surface area (Å²) < 4.78 is 10.6. The fourth-order valence-electron chi connectivity index (χ4n) is 2.37. The molecule has 0 aliphatic carbocycles. The number of thiazole rings is 1. The number of nitrogens with zero attached hydrogens (tertiary/aromatic N) is 2. The van der Waals surface area contributed by atoms with E-state index >= 15 is 0 Å². The molecule has 0 saturated heterocycles. The van der Waals surface area contributed by atoms with E-state index in [9.17, 15) is 4.79 Å². The minimum Gasteiger partial charge on any atom is -0.497 e. The first-order valence-electron chi connectivity index (χ1n) is 8.10. The second-order valence-corrected chi connectivity index (χ2v) is 6.75. The van der Waals surface area contributed by atoms with Gasteiger partial charge in [0.05, 0.1) is 18.4 Å². The van der Waals surface area contributed by atoms with Crippen LogP contribution in [0.3, 0.4) is 0 Å². The topological polar surface area (TPSA) is 51.7 Å². The number of anilines is 1. The average Bonchev–Trinajstić information content (AvgIpc) is 3.15. The normalized spacial score (nSPS) is 10.4. The van der Waals surface area contributed by atoms with E-state index in [0.29, 0.717) is 5.56 Å². The monoisotopic (exact) mass is 368 g/mol. The predicted molar refractivity (Wildman–Crippen MR) is 104 cm³/mol. The molecule has 6 heteroatoms. The molecule has 5 nitrogen and oxygen atoms in total. The van der Waals surface area contributed by atoms with Crippen molar-refractivity contribution in [1.29, 1.82) is 0 Å². The van der Waals surface area contributed by atoms with Crippen molar-refractivity contribution >= 4 is 23.0 Å². The van der Waals surface area contributed by atoms with Gasteiger partial charge in [0.2, 0.25) is 0 Å². The number of esters is 1. The van der Waals surface area contributed by atoms with Crippen LogP contribution in [0.4, 0.5) is 5.69 Å². The van der Waals surface area contributed by atoms with E-state index in [2.05, 4.69) is 4.98 Å². The van der Waals surface area contributed by atoms with Gasteiger partial charge in [0.1, 0.15) is 17.4 Å². The molecule has 0 saturated carbocycles. The summed E-state index contributed by atoms with van der Waals surface area (Å²) in [6.07, 6.45) is 0. The predicted octanol–water partition coefficient (Wildman–Crippen LogP) is 4.24. The summed E-state index contributed by atoms with van der Waals surface area (Å²) in [5, 5.41) is 2.79. The van der Waals surface area contributed by atoms with Crippen molar-refractivity contribution in [3.05, 3.63) is 65.2 Å². The molecular formula is C20H20N2O3S. The SMILES string of the molecule is COc1ccc(-c2nc(COC(=O)c3cccc(N(C)C)c3)cs2)cc1. The Kier molecular flexibility index (Phi) is 5.53. The van der Waals surface area contributed by atoms with Gasteiger partial charge in [0.25, 0.3) is 0 Å². The van der Waals surface area contributed by atoms with Crippen LogP contribution in [0.1, 0.15) is 16.1 Å². The summed E-state index contributed by atoms with van der Waals surface area (Å²) >= 11 is 1.52. The molecule has 0 fully saturated rings. The maximum atomic E-state index is 12.3. The molecule has 3 aromatic rings. The fourth-order valence-corrected chi connectivity index (χ4v) is 3.18. The lowest BCUT2D eigenvalue weighted by atomic mass is 10.2. The number of rotatable bonds is 6. The van der Waals surface area contributed by atoms with Crippen molar-refractivity contribution in [3.63, 3.8) is 0 Å². The van der Waals surface area contributed by atoms with Crippen LogP contribution in [0, 0.1) is 0 Å². The third kappa shape index (κ3) is 4.21. The second-order valence-electron chi connectivity index (χ2n) is 5.89. The molecule has 0 aliphatic heterocycles. The molecule has 0 spiro atoms. The smallest absolute Gasteiger partial charge is 0.338 e. The summed E-state index contributed by atoms with van der Waals surface area (Å²) in [7, 11) is 5.50. The van der Waals surface area contributed by atoms with Gasteiger partial charge in [0, 0.05) is 30.7 Å². The number of hydrogen-bond acceptors (Lipinski definition) is 6. The van der Waals surface area contributed by atoms with Crippen molar-refractivity contribution < 1.29 is 14.3 Å². The van der Waals surface area contributed by atoms with E-state index in [-0.39, 0.29) is 12.6 Å². The Morgan fingerprint density at radius 1 is 1.15 bits per heavy atom. The van der Waals surface area contributed by atoms with E-state index < -0.39 is 0 Å². The van der Waals surface area contributed by atoms with Gasteiger partial charge >= 0.3 is 5.97 Å². The molecule has 0 N–H and O–H groups in total. The van der Waals surface area contributed by atoms with Crippen LogP contribution < -0.4 is 9.64 Å². The summed E-state index contributed by atoms with van der Waals surface area (Å²) in [5.74, 6) is 0.451. The summed E-state index contributed by atoms with van der Waals surface area (Å²) in [6.45, 7) is 0.150. The van der Waals surface area contributed by atoms with Crippen molar-refractivity contribution in [2.75, 3.05) is 26.1 Å². The van der Waals surface area contributed by atoms with Crippen LogP contribution >= 0.6 is 11.3 Å². The Morgan fingerprint density at radius 3 is 2.62 bits per heavy atom. The van der Waals surface area contributed by atoms with Gasteiger partial charge in [-0.1, -0.05) is 6.07 Å². The zero-order valence-electron chi connectivity index (χ0n) is 14.9. The first-order chi connectivity index (χ1) is 12.6. The van der Waals surface area contributed by atoms with E-state index in [1.54, 1.807) is 13.2 Å². The highest BCUT2D eigenvalue weighted by Gasteiger charge is 2.11. The number of carbonyl (C=O) groups excluding carboxylic acids is 1. The zero-order valence-corrected chi connectivity index (χ0v) is 15.7. The number of methoxy groups -OCH3 is 1. The summed E-state index contributed by atoms with van der Waals surface area (Å²) in [6, 6.07) is 15.1. The Morgan fingerprint density at radius 2 is 1.92 bits per heavy atom. The van der Waals surface area contributed by atoms with Gasteiger partial charge in [-0.3, -0.25) is 0 Å². The fraction of sp³-hybridized carbons (Fsp3) is 0.200. The van der Waals surface area contributed by atoms with Gasteiger partial charge in [-0.2, -0.15) is 0 Å². The van der Waals surface area contributed by atoms with Crippen LogP contribution in [0.2, 0.25) is 0 Å². The molecule has 0 atom stereocenters. The number of carbonyl (C=O) groups is 1. The first kappa shape index (κ1) is 17.9. The van der Waals surface area contributed by atoms with Crippen LogP contribution in [-0.4, -0.2) is 32.2 Å². The number of benzene rings is 2. The lowest BCUT2D eigenvalue weighted by molar-refractivity contribution is 0.0468. The van der Waals surface area contributed by atoms with Crippen molar-refractivity contribution in [3.8, 4) is 16.3 Å². The zero-order chi connectivity index (χ0) is 18.5. The number of aromatic nitrogens is 1. The van der Waals surface area contributed by atoms with Crippen LogP contribution in [0.5, 0.6) is 5.75 Å². The lowest BCUT2D eigenvalue weighted by Crippen LogP contribution is -2.11. The lowest BCUT2D eigenvalue weighted by Gasteiger charge is -2.13. The molecule has 0 unspecified atom stereocenters. The molecule has 3 rings (SSSR count). The van der Waals surface area contributed by atoms with Crippen LogP contribution in [0.25, 0.3) is 10.6 Å². The maximum Gasteiger partial charge on any atom is 0.338 e. The van der Waals surface area contributed by atoms with Crippen molar-refractivity contribution in [2.24, 2.45) is 0 Å². The van der Waals surface area contributed by atoms with E-state index in [1.165, 1.54) is 11.3 Å². The molecule has 0 bridgehead atoms. The number of ether oxygens (including phenoxy) is 2. The van der Waals surface area contributed by atoms with Gasteiger partial charge in [0.15, 0.2) is 0 Å². The minimum atomic E-state index is -0.354. The Hall–Kier alpha value is -2.86. The largest absolute Gasteiger partial charge is 0.497 e. The van der Waals surface area contributed by atoms with E-state index in [4.69, 9.17) is 9.47 Å². The molecule has 26 heavy (non-hydrogen) atoms. The molecule has 134 valence electrons. The Balaban J connectivity index is 1.64. The highest BCUT2D eigenvalue weighted by Crippen LogP contribution is 2.26. The molecule has 2 aromatic carbocycles. The first-order valence-corrected chi connectivity index (χ1v) is 8.98. The van der Waals surface area contributed by atoms with Gasteiger partial charge in [-0.05, 0) is 42.5 Å². The van der Waals surface area contributed by atoms with Gasteiger partial charge < -0.3 is 14.4 Å². The standard InChI is InChI=1S/C20H20N2O3S/c1-22(2)17-6-4-5-15(11-17)20(23)25-12-16-13-26-19(21-16)14-7-9-18(24-3)10-8-14/h4-11,13H,12H2,1-3H3. The summed E-state index contributed by atoms with van der Waals surface area (Å²) in [5.41, 5.74) is 3.22. The van der Waals surface area contributed by atoms with Crippen molar-refractivity contribution in [1.82, 2.24) is 4.98 Å². The van der Waals surface area contributed by atoms with Crippen LogP contribution in [-0.2, 0) is 11.3 Å². The third-order valence-electron chi connectivity index (χ3n) is 3.84. The number of hydrogen-bond donors (Lipinski definition) is 0. The highest BCUT2D eigenvalue weighted by atomic mass is 32.1. The molecule has 0 radical (unpaired) electrons. The molecule has 0 amide bonds. The molecule has 0 aliphatic rings. The van der Waals surface area contributed by atoms with E-state index in [0.717, 1.165) is 27.7 Å². The second kappa shape index (κ2) is 8.01. The van der Waals surface area contributed by atoms with Crippen molar-refractivity contribution in [2.45, 2.75) is 6.61 Å². The minimum absolute atomic E-state index is 0.150.